The van der Waals surface area contributed by atoms with Gasteiger partial charge in [0.25, 0.3) is 0 Å². The van der Waals surface area contributed by atoms with E-state index in [1.54, 1.807) is 6.08 Å². The van der Waals surface area contributed by atoms with Crippen molar-refractivity contribution in [2.24, 2.45) is 0 Å². The van der Waals surface area contributed by atoms with Crippen LogP contribution < -0.4 is 10.6 Å². The van der Waals surface area contributed by atoms with E-state index >= 15 is 0 Å². The summed E-state index contributed by atoms with van der Waals surface area (Å²) in [5.41, 5.74) is 0. The molecule has 0 aliphatic heterocycles. The fourth-order valence-corrected chi connectivity index (χ4v) is 3.56. The summed E-state index contributed by atoms with van der Waals surface area (Å²) in [6.45, 7) is 4.01. The molecule has 0 aromatic heterocycles. The second-order valence-corrected chi connectivity index (χ2v) is 8.65. The first-order valence-corrected chi connectivity index (χ1v) is 12.8. The summed E-state index contributed by atoms with van der Waals surface area (Å²) >= 11 is 0. The SMILES string of the molecule is CCCCCCCCCCCCCCCCCC(=O)CC=CNC(=O)CCNC(C)=O. The van der Waals surface area contributed by atoms with Gasteiger partial charge in [-0.05, 0) is 6.42 Å². The molecule has 0 saturated heterocycles. The molecule has 0 bridgehead atoms. The zero-order chi connectivity index (χ0) is 23.0. The molecule has 180 valence electrons. The maximum Gasteiger partial charge on any atom is 0.225 e. The van der Waals surface area contributed by atoms with Crippen LogP contribution in [-0.2, 0) is 14.4 Å². The van der Waals surface area contributed by atoms with E-state index in [1.807, 2.05) is 0 Å². The highest BCUT2D eigenvalue weighted by Gasteiger charge is 2.01. The van der Waals surface area contributed by atoms with Crippen LogP contribution in [0.3, 0.4) is 0 Å². The van der Waals surface area contributed by atoms with E-state index in [-0.39, 0.29) is 24.0 Å². The maximum atomic E-state index is 11.9. The summed E-state index contributed by atoms with van der Waals surface area (Å²) in [6, 6.07) is 0. The molecule has 2 amide bonds. The van der Waals surface area contributed by atoms with Crippen molar-refractivity contribution in [1.29, 1.82) is 0 Å². The average Bonchev–Trinajstić information content (AvgIpc) is 2.73. The molecule has 0 unspecified atom stereocenters. The predicted octanol–water partition coefficient (Wildman–Crippen LogP) is 6.36. The van der Waals surface area contributed by atoms with Gasteiger partial charge in [-0.1, -0.05) is 103 Å². The van der Waals surface area contributed by atoms with E-state index in [2.05, 4.69) is 17.6 Å². The Bertz CT molecular complexity index is 489. The lowest BCUT2D eigenvalue weighted by molar-refractivity contribution is -0.121. The molecule has 0 spiro atoms. The molecule has 0 radical (unpaired) electrons. The molecule has 31 heavy (non-hydrogen) atoms. The molecule has 0 aliphatic carbocycles. The van der Waals surface area contributed by atoms with Crippen LogP contribution in [0.25, 0.3) is 0 Å². The quantitative estimate of drug-likeness (QED) is 0.194. The number of carbonyl (C=O) groups is 3. The van der Waals surface area contributed by atoms with Gasteiger partial charge >= 0.3 is 0 Å². The lowest BCUT2D eigenvalue weighted by atomic mass is 10.0. The average molecular weight is 437 g/mol. The molecular weight excluding hydrogens is 388 g/mol. The number of Topliss-reactive ketones (excluding diaryl/α,β-unsaturated/α-hetero) is 1. The lowest BCUT2D eigenvalue weighted by Crippen LogP contribution is -2.27. The number of nitrogens with one attached hydrogen (secondary N) is 2. The number of hydrogen-bond acceptors (Lipinski definition) is 3. The van der Waals surface area contributed by atoms with E-state index in [0.29, 0.717) is 19.4 Å². The predicted molar refractivity (Wildman–Crippen MR) is 130 cm³/mol. The summed E-state index contributed by atoms with van der Waals surface area (Å²) in [7, 11) is 0. The van der Waals surface area contributed by atoms with E-state index in [0.717, 1.165) is 12.8 Å². The maximum absolute atomic E-state index is 11.9. The van der Waals surface area contributed by atoms with E-state index in [9.17, 15) is 14.4 Å². The van der Waals surface area contributed by atoms with Gasteiger partial charge in [0, 0.05) is 38.9 Å². The molecule has 2 N–H and O–H groups in total. The molecular formula is C26H48N2O3. The van der Waals surface area contributed by atoms with Crippen LogP contribution in [0.15, 0.2) is 12.3 Å². The highest BCUT2D eigenvalue weighted by atomic mass is 16.2. The Morgan fingerprint density at radius 2 is 1.16 bits per heavy atom. The summed E-state index contributed by atoms with van der Waals surface area (Å²) in [6.07, 6.45) is 24.3. The fraction of sp³-hybridized carbons (Fsp3) is 0.808. The number of carbonyl (C=O) groups excluding carboxylic acids is 3. The molecule has 0 heterocycles. The number of ketones is 1. The normalized spacial score (nSPS) is 11.0. The Morgan fingerprint density at radius 3 is 1.65 bits per heavy atom. The van der Waals surface area contributed by atoms with Gasteiger partial charge in [-0.2, -0.15) is 0 Å². The molecule has 5 nitrogen and oxygen atoms in total. The molecule has 0 rings (SSSR count). The standard InChI is InChI=1S/C26H48N2O3/c1-3-4-5-6-7-8-9-10-11-12-13-14-15-16-17-19-25(30)20-18-22-28-26(31)21-23-27-24(2)29/h18,22H,3-17,19-21,23H2,1-2H3,(H,27,29)(H,28,31). The summed E-state index contributed by atoms with van der Waals surface area (Å²) < 4.78 is 0. The Kier molecular flexibility index (Phi) is 21.8. The van der Waals surface area contributed by atoms with E-state index < -0.39 is 0 Å². The van der Waals surface area contributed by atoms with Crippen LogP contribution in [-0.4, -0.2) is 24.1 Å². The molecule has 0 aliphatic rings. The zero-order valence-electron chi connectivity index (χ0n) is 20.3. The first-order valence-electron chi connectivity index (χ1n) is 12.8. The fourth-order valence-electron chi connectivity index (χ4n) is 3.56. The highest BCUT2D eigenvalue weighted by Crippen LogP contribution is 2.13. The van der Waals surface area contributed by atoms with Gasteiger partial charge in [-0.3, -0.25) is 14.4 Å². The smallest absolute Gasteiger partial charge is 0.225 e. The van der Waals surface area contributed by atoms with Crippen molar-refractivity contribution >= 4 is 17.6 Å². The third kappa shape index (κ3) is 24.5. The zero-order valence-corrected chi connectivity index (χ0v) is 20.3. The van der Waals surface area contributed by atoms with E-state index in [4.69, 9.17) is 0 Å². The van der Waals surface area contributed by atoms with Gasteiger partial charge in [0.15, 0.2) is 0 Å². The second kappa shape index (κ2) is 23.0. The van der Waals surface area contributed by atoms with Gasteiger partial charge in [-0.25, -0.2) is 0 Å². The Labute approximate surface area is 191 Å². The van der Waals surface area contributed by atoms with Gasteiger partial charge < -0.3 is 10.6 Å². The van der Waals surface area contributed by atoms with Crippen LogP contribution >= 0.6 is 0 Å². The lowest BCUT2D eigenvalue weighted by Gasteiger charge is -2.03. The van der Waals surface area contributed by atoms with Gasteiger partial charge in [0.05, 0.1) is 0 Å². The summed E-state index contributed by atoms with van der Waals surface area (Å²) in [5, 5.41) is 5.18. The van der Waals surface area contributed by atoms with Crippen LogP contribution in [0.2, 0.25) is 0 Å². The number of allylic oxidation sites excluding steroid dienone is 1. The van der Waals surface area contributed by atoms with Crippen LogP contribution in [0.1, 0.15) is 129 Å². The third-order valence-corrected chi connectivity index (χ3v) is 5.49. The van der Waals surface area contributed by atoms with Gasteiger partial charge in [0.2, 0.25) is 11.8 Å². The van der Waals surface area contributed by atoms with Crippen molar-refractivity contribution in [2.75, 3.05) is 6.54 Å². The Hall–Kier alpha value is -1.65. The van der Waals surface area contributed by atoms with Crippen molar-refractivity contribution in [3.05, 3.63) is 12.3 Å². The third-order valence-electron chi connectivity index (χ3n) is 5.49. The molecule has 0 aromatic carbocycles. The number of amides is 2. The monoisotopic (exact) mass is 436 g/mol. The van der Waals surface area contributed by atoms with Crippen molar-refractivity contribution in [3.63, 3.8) is 0 Å². The number of unbranched alkanes of at least 4 members (excludes halogenated alkanes) is 14. The topological polar surface area (TPSA) is 75.3 Å². The summed E-state index contributed by atoms with van der Waals surface area (Å²) in [4.78, 5) is 34.1. The molecule has 5 heteroatoms. The number of rotatable bonds is 22. The molecule has 0 fully saturated rings. The van der Waals surface area contributed by atoms with Crippen LogP contribution in [0.4, 0.5) is 0 Å². The molecule has 0 saturated carbocycles. The number of hydrogen-bond donors (Lipinski definition) is 2. The minimum atomic E-state index is -0.167. The first-order chi connectivity index (χ1) is 15.1. The Balaban J connectivity index is 3.34. The minimum Gasteiger partial charge on any atom is -0.356 e. The van der Waals surface area contributed by atoms with Gasteiger partial charge in [0.1, 0.15) is 5.78 Å². The second-order valence-electron chi connectivity index (χ2n) is 8.65. The summed E-state index contributed by atoms with van der Waals surface area (Å²) in [5.74, 6) is -0.0916. The van der Waals surface area contributed by atoms with Gasteiger partial charge in [-0.15, -0.1) is 0 Å². The van der Waals surface area contributed by atoms with Crippen molar-refractivity contribution in [1.82, 2.24) is 10.6 Å². The molecule has 0 aromatic rings. The highest BCUT2D eigenvalue weighted by molar-refractivity contribution is 5.80. The molecule has 0 atom stereocenters. The van der Waals surface area contributed by atoms with Crippen molar-refractivity contribution < 1.29 is 14.4 Å². The van der Waals surface area contributed by atoms with E-state index in [1.165, 1.54) is 96.6 Å². The minimum absolute atomic E-state index is 0.146. The van der Waals surface area contributed by atoms with Crippen LogP contribution in [0.5, 0.6) is 0 Å². The van der Waals surface area contributed by atoms with Crippen molar-refractivity contribution in [2.45, 2.75) is 129 Å². The first kappa shape index (κ1) is 29.4. The van der Waals surface area contributed by atoms with Crippen LogP contribution in [0, 0.1) is 0 Å². The Morgan fingerprint density at radius 1 is 0.677 bits per heavy atom. The largest absolute Gasteiger partial charge is 0.356 e. The van der Waals surface area contributed by atoms with Crippen molar-refractivity contribution in [3.8, 4) is 0 Å².